The first kappa shape index (κ1) is 8.64. The van der Waals surface area contributed by atoms with Gasteiger partial charge in [0, 0.05) is 12.6 Å². The highest BCUT2D eigenvalue weighted by Crippen LogP contribution is 2.10. The van der Waals surface area contributed by atoms with Gasteiger partial charge >= 0.3 is 0 Å². The third-order valence-corrected chi connectivity index (χ3v) is 1.37. The number of anilines is 1. The van der Waals surface area contributed by atoms with E-state index >= 15 is 0 Å². The Morgan fingerprint density at radius 3 is 3.08 bits per heavy atom. The lowest BCUT2D eigenvalue weighted by Crippen LogP contribution is -2.10. The van der Waals surface area contributed by atoms with Gasteiger partial charge in [0.15, 0.2) is 5.82 Å². The van der Waals surface area contributed by atoms with Crippen molar-refractivity contribution in [1.82, 2.24) is 4.98 Å². The average molecular weight is 168 g/mol. The van der Waals surface area contributed by atoms with Crippen LogP contribution in [0.25, 0.3) is 0 Å². The van der Waals surface area contributed by atoms with E-state index in [0.717, 1.165) is 6.20 Å². The maximum atomic E-state index is 12.8. The second-order valence-electron chi connectivity index (χ2n) is 2.26. The Labute approximate surface area is 69.6 Å². The van der Waals surface area contributed by atoms with Gasteiger partial charge in [-0.15, -0.1) is 0 Å². The molecule has 0 saturated carbocycles. The van der Waals surface area contributed by atoms with Crippen LogP contribution in [-0.2, 0) is 4.79 Å². The van der Waals surface area contributed by atoms with E-state index in [9.17, 15) is 9.18 Å². The molecular formula is C8H9FN2O. The normalized spacial score (nSPS) is 9.50. The van der Waals surface area contributed by atoms with Crippen molar-refractivity contribution < 1.29 is 9.18 Å². The fourth-order valence-electron chi connectivity index (χ4n) is 0.715. The van der Waals surface area contributed by atoms with Gasteiger partial charge < -0.3 is 5.32 Å². The van der Waals surface area contributed by atoms with Gasteiger partial charge in [-0.3, -0.25) is 9.78 Å². The number of nitrogens with zero attached hydrogens (tertiary/aromatic N) is 1. The smallest absolute Gasteiger partial charge is 0.224 e. The predicted octanol–water partition coefficient (Wildman–Crippen LogP) is 1.57. The summed E-state index contributed by atoms with van der Waals surface area (Å²) in [6.45, 7) is 1.70. The molecule has 0 aromatic carbocycles. The van der Waals surface area contributed by atoms with Crippen LogP contribution in [0, 0.1) is 5.82 Å². The van der Waals surface area contributed by atoms with Crippen molar-refractivity contribution in [2.45, 2.75) is 13.3 Å². The standard InChI is InChI=1S/C8H9FN2O/c1-2-8(12)11-7-3-4-10-5-6(7)9/h3-5H,2H2,1H3,(H,10,11,12). The summed E-state index contributed by atoms with van der Waals surface area (Å²) in [7, 11) is 0. The third-order valence-electron chi connectivity index (χ3n) is 1.37. The Morgan fingerprint density at radius 1 is 1.75 bits per heavy atom. The number of hydrogen-bond donors (Lipinski definition) is 1. The summed E-state index contributed by atoms with van der Waals surface area (Å²) in [5, 5.41) is 2.41. The number of rotatable bonds is 2. The van der Waals surface area contributed by atoms with E-state index in [1.165, 1.54) is 12.3 Å². The van der Waals surface area contributed by atoms with E-state index in [4.69, 9.17) is 0 Å². The van der Waals surface area contributed by atoms with Crippen molar-refractivity contribution in [1.29, 1.82) is 0 Å². The lowest BCUT2D eigenvalue weighted by Gasteiger charge is -2.02. The highest BCUT2D eigenvalue weighted by atomic mass is 19.1. The van der Waals surface area contributed by atoms with Gasteiger partial charge in [-0.1, -0.05) is 6.92 Å². The molecule has 0 spiro atoms. The van der Waals surface area contributed by atoms with Crippen molar-refractivity contribution in [3.63, 3.8) is 0 Å². The van der Waals surface area contributed by atoms with Crippen molar-refractivity contribution >= 4 is 11.6 Å². The summed E-state index contributed by atoms with van der Waals surface area (Å²) in [6.07, 6.45) is 2.82. The number of aromatic nitrogens is 1. The number of amides is 1. The number of carbonyl (C=O) groups is 1. The minimum atomic E-state index is -0.515. The van der Waals surface area contributed by atoms with Crippen molar-refractivity contribution in [3.8, 4) is 0 Å². The van der Waals surface area contributed by atoms with Crippen molar-refractivity contribution in [2.75, 3.05) is 5.32 Å². The largest absolute Gasteiger partial charge is 0.324 e. The molecule has 64 valence electrons. The summed E-state index contributed by atoms with van der Waals surface area (Å²) in [4.78, 5) is 14.4. The van der Waals surface area contributed by atoms with E-state index in [2.05, 4.69) is 10.3 Å². The molecule has 3 nitrogen and oxygen atoms in total. The number of pyridine rings is 1. The zero-order valence-electron chi connectivity index (χ0n) is 6.67. The van der Waals surface area contributed by atoms with E-state index in [1.54, 1.807) is 6.92 Å². The summed E-state index contributed by atoms with van der Waals surface area (Å²) in [5.41, 5.74) is 0.178. The summed E-state index contributed by atoms with van der Waals surface area (Å²) in [6, 6.07) is 1.42. The number of hydrogen-bond acceptors (Lipinski definition) is 2. The molecule has 1 rings (SSSR count). The second-order valence-corrected chi connectivity index (χ2v) is 2.26. The molecule has 1 aromatic rings. The predicted molar refractivity (Wildman–Crippen MR) is 43.1 cm³/mol. The monoisotopic (exact) mass is 168 g/mol. The Morgan fingerprint density at radius 2 is 2.50 bits per heavy atom. The Kier molecular flexibility index (Phi) is 2.74. The van der Waals surface area contributed by atoms with E-state index in [1.807, 2.05) is 0 Å². The molecule has 0 aliphatic rings. The summed E-state index contributed by atoms with van der Waals surface area (Å²) < 4.78 is 12.8. The van der Waals surface area contributed by atoms with Crippen LogP contribution >= 0.6 is 0 Å². The first-order chi connectivity index (χ1) is 5.74. The zero-order chi connectivity index (χ0) is 8.97. The molecule has 1 heterocycles. The van der Waals surface area contributed by atoms with Crippen molar-refractivity contribution in [3.05, 3.63) is 24.3 Å². The molecule has 0 fully saturated rings. The van der Waals surface area contributed by atoms with Crippen LogP contribution < -0.4 is 5.32 Å². The summed E-state index contributed by atoms with van der Waals surface area (Å²) in [5.74, 6) is -0.723. The summed E-state index contributed by atoms with van der Waals surface area (Å²) >= 11 is 0. The molecule has 0 unspecified atom stereocenters. The highest BCUT2D eigenvalue weighted by molar-refractivity contribution is 5.90. The first-order valence-electron chi connectivity index (χ1n) is 3.63. The topological polar surface area (TPSA) is 42.0 Å². The van der Waals surface area contributed by atoms with Gasteiger partial charge in [0.2, 0.25) is 5.91 Å². The van der Waals surface area contributed by atoms with Crippen LogP contribution in [0.2, 0.25) is 0 Å². The van der Waals surface area contributed by atoms with E-state index in [0.29, 0.717) is 6.42 Å². The molecule has 12 heavy (non-hydrogen) atoms. The Balaban J connectivity index is 2.75. The van der Waals surface area contributed by atoms with Crippen LogP contribution in [0.15, 0.2) is 18.5 Å². The van der Waals surface area contributed by atoms with Gasteiger partial charge in [0.25, 0.3) is 0 Å². The number of carbonyl (C=O) groups excluding carboxylic acids is 1. The fraction of sp³-hybridized carbons (Fsp3) is 0.250. The van der Waals surface area contributed by atoms with Crippen LogP contribution in [0.1, 0.15) is 13.3 Å². The minimum Gasteiger partial charge on any atom is -0.324 e. The maximum Gasteiger partial charge on any atom is 0.224 e. The number of nitrogens with one attached hydrogen (secondary N) is 1. The molecule has 0 atom stereocenters. The van der Waals surface area contributed by atoms with Crippen molar-refractivity contribution in [2.24, 2.45) is 0 Å². The molecule has 4 heteroatoms. The third kappa shape index (κ3) is 2.02. The van der Waals surface area contributed by atoms with Crippen LogP contribution in [0.4, 0.5) is 10.1 Å². The lowest BCUT2D eigenvalue weighted by molar-refractivity contribution is -0.115. The van der Waals surface area contributed by atoms with Gasteiger partial charge in [-0.25, -0.2) is 4.39 Å². The maximum absolute atomic E-state index is 12.8. The molecule has 0 radical (unpaired) electrons. The van der Waals surface area contributed by atoms with Gasteiger partial charge in [0.05, 0.1) is 11.9 Å². The first-order valence-corrected chi connectivity index (χ1v) is 3.63. The average Bonchev–Trinajstić information content (AvgIpc) is 2.09. The fourth-order valence-corrected chi connectivity index (χ4v) is 0.715. The van der Waals surface area contributed by atoms with Gasteiger partial charge in [-0.05, 0) is 6.07 Å². The molecule has 1 N–H and O–H groups in total. The lowest BCUT2D eigenvalue weighted by atomic mass is 10.3. The number of halogens is 1. The molecule has 0 saturated heterocycles. The van der Waals surface area contributed by atoms with Crippen LogP contribution in [-0.4, -0.2) is 10.9 Å². The van der Waals surface area contributed by atoms with Gasteiger partial charge in [-0.2, -0.15) is 0 Å². The molecule has 1 aromatic heterocycles. The zero-order valence-corrected chi connectivity index (χ0v) is 6.67. The highest BCUT2D eigenvalue weighted by Gasteiger charge is 2.03. The molecule has 0 aliphatic heterocycles. The Bertz CT molecular complexity index is 288. The molecule has 0 bridgehead atoms. The Hall–Kier alpha value is -1.45. The molecule has 0 aliphatic carbocycles. The van der Waals surface area contributed by atoms with Gasteiger partial charge in [0.1, 0.15) is 0 Å². The molecular weight excluding hydrogens is 159 g/mol. The quantitative estimate of drug-likeness (QED) is 0.728. The van der Waals surface area contributed by atoms with Crippen LogP contribution in [0.5, 0.6) is 0 Å². The second kappa shape index (κ2) is 3.80. The SMILES string of the molecule is CCC(=O)Nc1ccncc1F. The van der Waals surface area contributed by atoms with Crippen LogP contribution in [0.3, 0.4) is 0 Å². The minimum absolute atomic E-state index is 0.178. The van der Waals surface area contributed by atoms with E-state index in [-0.39, 0.29) is 11.6 Å². The molecule has 1 amide bonds. The van der Waals surface area contributed by atoms with E-state index < -0.39 is 5.82 Å².